The Labute approximate surface area is 227 Å². The number of thioether (sulfide) groups is 2. The summed E-state index contributed by atoms with van der Waals surface area (Å²) in [6.45, 7) is 0. The molecule has 6 nitrogen and oxygen atoms in total. The number of anilines is 2. The molecule has 0 aliphatic carbocycles. The molecule has 4 amide bonds. The van der Waals surface area contributed by atoms with Crippen LogP contribution in [0.1, 0.15) is 41.4 Å². The first kappa shape index (κ1) is 24.2. The van der Waals surface area contributed by atoms with Crippen molar-refractivity contribution < 1.29 is 19.2 Å². The molecular formula is C30H20N2O4S2. The summed E-state index contributed by atoms with van der Waals surface area (Å²) < 4.78 is 0. The van der Waals surface area contributed by atoms with E-state index in [2.05, 4.69) is 0 Å². The molecule has 186 valence electrons. The van der Waals surface area contributed by atoms with Gasteiger partial charge in [-0.15, -0.1) is 23.5 Å². The number of hydrogen-bond donors (Lipinski definition) is 0. The summed E-state index contributed by atoms with van der Waals surface area (Å²) in [5, 5.41) is 0. The van der Waals surface area contributed by atoms with E-state index in [1.165, 1.54) is 9.80 Å². The largest absolute Gasteiger partial charge is 0.268 e. The van der Waals surface area contributed by atoms with Crippen LogP contribution >= 0.6 is 23.5 Å². The molecule has 4 aromatic rings. The third kappa shape index (κ3) is 4.21. The average Bonchev–Trinajstić information content (AvgIpc) is 3.35. The molecule has 0 atom stereocenters. The Morgan fingerprint density at radius 1 is 0.447 bits per heavy atom. The summed E-state index contributed by atoms with van der Waals surface area (Å²) in [7, 11) is 0. The lowest BCUT2D eigenvalue weighted by atomic mass is 10.1. The SMILES string of the molecule is O=C1c2ccc(SCCSc3ccc4c(c3)C(=O)N(c3ccccc3)C4=O)cc2C(=O)N1c1ccccc1. The van der Waals surface area contributed by atoms with Crippen LogP contribution in [-0.2, 0) is 0 Å². The fourth-order valence-electron chi connectivity index (χ4n) is 4.56. The van der Waals surface area contributed by atoms with E-state index in [4.69, 9.17) is 0 Å². The second-order valence-corrected chi connectivity index (χ2v) is 11.0. The first-order valence-electron chi connectivity index (χ1n) is 11.9. The summed E-state index contributed by atoms with van der Waals surface area (Å²) >= 11 is 3.20. The highest BCUT2D eigenvalue weighted by molar-refractivity contribution is 8.03. The molecule has 0 radical (unpaired) electrons. The van der Waals surface area contributed by atoms with Crippen LogP contribution in [-0.4, -0.2) is 35.1 Å². The van der Waals surface area contributed by atoms with Crippen molar-refractivity contribution in [2.45, 2.75) is 9.79 Å². The van der Waals surface area contributed by atoms with E-state index in [0.717, 1.165) is 21.3 Å². The molecule has 0 bridgehead atoms. The lowest BCUT2D eigenvalue weighted by Gasteiger charge is -2.13. The second kappa shape index (κ2) is 9.96. The highest BCUT2D eigenvalue weighted by Gasteiger charge is 2.37. The van der Waals surface area contributed by atoms with E-state index in [9.17, 15) is 19.2 Å². The van der Waals surface area contributed by atoms with Crippen LogP contribution in [0.5, 0.6) is 0 Å². The molecule has 2 aliphatic heterocycles. The van der Waals surface area contributed by atoms with E-state index < -0.39 is 0 Å². The van der Waals surface area contributed by atoms with E-state index in [1.54, 1.807) is 96.3 Å². The third-order valence-corrected chi connectivity index (χ3v) is 8.62. The molecule has 2 heterocycles. The summed E-state index contributed by atoms with van der Waals surface area (Å²) in [4.78, 5) is 55.8. The number of rotatable bonds is 7. The molecule has 0 saturated carbocycles. The summed E-state index contributed by atoms with van der Waals surface area (Å²) in [6, 6.07) is 28.6. The molecule has 0 aromatic heterocycles. The minimum absolute atomic E-state index is 0.307. The Balaban J connectivity index is 1.09. The smallest absolute Gasteiger partial charge is 0.266 e. The van der Waals surface area contributed by atoms with Crippen molar-refractivity contribution in [2.24, 2.45) is 0 Å². The summed E-state index contributed by atoms with van der Waals surface area (Å²) in [5.41, 5.74) is 2.79. The normalized spacial score (nSPS) is 14.3. The van der Waals surface area contributed by atoms with Gasteiger partial charge in [0.2, 0.25) is 0 Å². The van der Waals surface area contributed by atoms with E-state index in [1.807, 2.05) is 24.3 Å². The quantitative estimate of drug-likeness (QED) is 0.160. The molecule has 0 unspecified atom stereocenters. The van der Waals surface area contributed by atoms with Gasteiger partial charge < -0.3 is 0 Å². The van der Waals surface area contributed by atoms with Gasteiger partial charge in [-0.3, -0.25) is 19.2 Å². The number of fused-ring (bicyclic) bond motifs is 2. The second-order valence-electron chi connectivity index (χ2n) is 8.67. The molecule has 0 fully saturated rings. The number of imide groups is 2. The standard InChI is InChI=1S/C30H20N2O4S2/c33-27-23-13-11-21(17-25(23)29(35)31(27)19-7-3-1-4-8-19)37-15-16-38-22-12-14-24-26(18-22)30(36)32(28(24)34)20-9-5-2-6-10-20/h1-14,17-18H,15-16H2. The topological polar surface area (TPSA) is 74.8 Å². The molecule has 38 heavy (non-hydrogen) atoms. The number of carbonyl (C=O) groups is 4. The Kier molecular flexibility index (Phi) is 6.35. The number of para-hydroxylation sites is 2. The molecule has 6 rings (SSSR count). The lowest BCUT2D eigenvalue weighted by molar-refractivity contribution is 0.0910. The minimum Gasteiger partial charge on any atom is -0.268 e. The molecule has 2 aliphatic rings. The Hall–Kier alpha value is -4.14. The number of benzene rings is 4. The van der Waals surface area contributed by atoms with Crippen molar-refractivity contribution >= 4 is 58.5 Å². The minimum atomic E-state index is -0.310. The predicted octanol–water partition coefficient (Wildman–Crippen LogP) is 6.17. The van der Waals surface area contributed by atoms with Crippen LogP contribution < -0.4 is 9.80 Å². The lowest BCUT2D eigenvalue weighted by Crippen LogP contribution is -2.29. The van der Waals surface area contributed by atoms with Gasteiger partial charge in [0.05, 0.1) is 33.6 Å². The van der Waals surface area contributed by atoms with Gasteiger partial charge in [0.15, 0.2) is 0 Å². The van der Waals surface area contributed by atoms with Crippen LogP contribution in [0.15, 0.2) is 107 Å². The van der Waals surface area contributed by atoms with Crippen LogP contribution in [0, 0.1) is 0 Å². The molecule has 4 aromatic carbocycles. The number of amides is 4. The monoisotopic (exact) mass is 536 g/mol. The summed E-state index contributed by atoms with van der Waals surface area (Å²) in [6.07, 6.45) is 0. The molecule has 0 spiro atoms. The maximum absolute atomic E-state index is 13.0. The Morgan fingerprint density at radius 2 is 0.816 bits per heavy atom. The number of carbonyl (C=O) groups excluding carboxylic acids is 4. The third-order valence-electron chi connectivity index (χ3n) is 6.37. The van der Waals surface area contributed by atoms with Crippen LogP contribution in [0.25, 0.3) is 0 Å². The number of nitrogens with zero attached hydrogens (tertiary/aromatic N) is 2. The predicted molar refractivity (Wildman–Crippen MR) is 149 cm³/mol. The van der Waals surface area contributed by atoms with E-state index in [-0.39, 0.29) is 23.6 Å². The van der Waals surface area contributed by atoms with Crippen molar-refractivity contribution in [2.75, 3.05) is 21.3 Å². The maximum atomic E-state index is 13.0. The van der Waals surface area contributed by atoms with E-state index >= 15 is 0 Å². The van der Waals surface area contributed by atoms with Crippen molar-refractivity contribution in [3.8, 4) is 0 Å². The summed E-state index contributed by atoms with van der Waals surface area (Å²) in [5.74, 6) is 0.282. The number of hydrogen-bond acceptors (Lipinski definition) is 6. The van der Waals surface area contributed by atoms with Crippen LogP contribution in [0.2, 0.25) is 0 Å². The highest BCUT2D eigenvalue weighted by atomic mass is 32.2. The van der Waals surface area contributed by atoms with E-state index in [0.29, 0.717) is 33.6 Å². The maximum Gasteiger partial charge on any atom is 0.266 e. The average molecular weight is 537 g/mol. The van der Waals surface area contributed by atoms with Gasteiger partial charge in [0.1, 0.15) is 0 Å². The van der Waals surface area contributed by atoms with Crippen molar-refractivity contribution in [3.63, 3.8) is 0 Å². The highest BCUT2D eigenvalue weighted by Crippen LogP contribution is 2.34. The first-order chi connectivity index (χ1) is 18.5. The fourth-order valence-corrected chi connectivity index (χ4v) is 6.43. The first-order valence-corrected chi connectivity index (χ1v) is 13.9. The van der Waals surface area contributed by atoms with Gasteiger partial charge in [-0.05, 0) is 60.7 Å². The Morgan fingerprint density at radius 3 is 1.21 bits per heavy atom. The van der Waals surface area contributed by atoms with Crippen molar-refractivity contribution in [1.82, 2.24) is 0 Å². The van der Waals surface area contributed by atoms with Gasteiger partial charge in [0.25, 0.3) is 23.6 Å². The molecular weight excluding hydrogens is 516 g/mol. The van der Waals surface area contributed by atoms with Gasteiger partial charge in [-0.25, -0.2) is 9.80 Å². The van der Waals surface area contributed by atoms with Gasteiger partial charge in [-0.1, -0.05) is 36.4 Å². The van der Waals surface area contributed by atoms with Crippen LogP contribution in [0.4, 0.5) is 11.4 Å². The van der Waals surface area contributed by atoms with Crippen LogP contribution in [0.3, 0.4) is 0 Å². The zero-order valence-corrected chi connectivity index (χ0v) is 21.6. The molecule has 8 heteroatoms. The van der Waals surface area contributed by atoms with Crippen molar-refractivity contribution in [3.05, 3.63) is 119 Å². The van der Waals surface area contributed by atoms with Gasteiger partial charge in [-0.2, -0.15) is 0 Å². The Bertz CT molecular complexity index is 1480. The zero-order chi connectivity index (χ0) is 26.2. The molecule has 0 N–H and O–H groups in total. The van der Waals surface area contributed by atoms with Crippen molar-refractivity contribution in [1.29, 1.82) is 0 Å². The fraction of sp³-hybridized carbons (Fsp3) is 0.0667. The van der Waals surface area contributed by atoms with Gasteiger partial charge in [0, 0.05) is 21.3 Å². The van der Waals surface area contributed by atoms with Gasteiger partial charge >= 0.3 is 0 Å². The molecule has 0 saturated heterocycles. The zero-order valence-electron chi connectivity index (χ0n) is 20.0.